The molecule has 4 aromatic rings. The number of nitrogens with one attached hydrogen (secondary N) is 2. The third-order valence-corrected chi connectivity index (χ3v) is 4.31. The Balaban J connectivity index is 1.37. The number of benzene rings is 2. The molecule has 2 N–H and O–H groups in total. The third kappa shape index (κ3) is 3.98. The van der Waals surface area contributed by atoms with Crippen molar-refractivity contribution in [1.29, 1.82) is 0 Å². The predicted octanol–water partition coefficient (Wildman–Crippen LogP) is 4.59. The van der Waals surface area contributed by atoms with Crippen LogP contribution in [-0.4, -0.2) is 15.9 Å². The summed E-state index contributed by atoms with van der Waals surface area (Å²) in [4.78, 5) is 19.7. The maximum Gasteiger partial charge on any atom is 0.253 e. The zero-order valence-electron chi connectivity index (χ0n) is 14.9. The Labute approximate surface area is 157 Å². The molecule has 4 rings (SSSR count). The van der Waals surface area contributed by atoms with Crippen molar-refractivity contribution < 1.29 is 9.53 Å². The topological polar surface area (TPSA) is 67.0 Å². The number of nitrogens with zero attached hydrogens (tertiary/aromatic N) is 1. The Morgan fingerprint density at radius 2 is 1.93 bits per heavy atom. The molecule has 0 saturated heterocycles. The first-order valence-corrected chi connectivity index (χ1v) is 8.72. The number of H-pyrrole nitrogens is 1. The Morgan fingerprint density at radius 1 is 1.07 bits per heavy atom. The number of rotatable bonds is 5. The van der Waals surface area contributed by atoms with Crippen LogP contribution in [0.4, 0.5) is 0 Å². The molecule has 0 bridgehead atoms. The minimum atomic E-state index is -0.170. The standard InChI is InChI=1S/C22H19N3O2/c1-15-2-7-19(8-3-15)27-21-9-6-18(14-24-21)22(26)25-13-16-4-5-17-10-11-23-20(17)12-16/h2-12,14,23H,13H2,1H3,(H,25,26). The fourth-order valence-electron chi connectivity index (χ4n) is 2.79. The molecule has 5 nitrogen and oxygen atoms in total. The molecule has 2 heterocycles. The number of hydrogen-bond donors (Lipinski definition) is 2. The van der Waals surface area contributed by atoms with Gasteiger partial charge in [0.15, 0.2) is 0 Å². The lowest BCUT2D eigenvalue weighted by Gasteiger charge is -2.07. The van der Waals surface area contributed by atoms with E-state index in [0.29, 0.717) is 23.7 Å². The zero-order chi connectivity index (χ0) is 18.6. The number of hydrogen-bond acceptors (Lipinski definition) is 3. The lowest BCUT2D eigenvalue weighted by molar-refractivity contribution is 0.0950. The summed E-state index contributed by atoms with van der Waals surface area (Å²) < 4.78 is 5.68. The van der Waals surface area contributed by atoms with E-state index >= 15 is 0 Å². The SMILES string of the molecule is Cc1ccc(Oc2ccc(C(=O)NCc3ccc4cc[nH]c4c3)cn2)cc1. The van der Waals surface area contributed by atoms with Crippen LogP contribution in [-0.2, 0) is 6.54 Å². The molecule has 0 aliphatic heterocycles. The third-order valence-electron chi connectivity index (χ3n) is 4.31. The van der Waals surface area contributed by atoms with Crippen molar-refractivity contribution in [3.8, 4) is 11.6 Å². The Morgan fingerprint density at radius 3 is 2.70 bits per heavy atom. The van der Waals surface area contributed by atoms with Gasteiger partial charge in [-0.3, -0.25) is 4.79 Å². The van der Waals surface area contributed by atoms with Gasteiger partial charge in [-0.25, -0.2) is 4.98 Å². The van der Waals surface area contributed by atoms with Gasteiger partial charge in [0.05, 0.1) is 5.56 Å². The lowest BCUT2D eigenvalue weighted by atomic mass is 10.1. The van der Waals surface area contributed by atoms with Crippen LogP contribution in [0.2, 0.25) is 0 Å². The summed E-state index contributed by atoms with van der Waals surface area (Å²) in [5, 5.41) is 4.07. The number of pyridine rings is 1. The average Bonchev–Trinajstić information content (AvgIpc) is 3.16. The van der Waals surface area contributed by atoms with E-state index < -0.39 is 0 Å². The van der Waals surface area contributed by atoms with E-state index in [4.69, 9.17) is 4.74 Å². The summed E-state index contributed by atoms with van der Waals surface area (Å²) in [6.45, 7) is 2.47. The molecule has 0 atom stereocenters. The van der Waals surface area contributed by atoms with E-state index in [1.165, 1.54) is 6.20 Å². The summed E-state index contributed by atoms with van der Waals surface area (Å²) in [7, 11) is 0. The van der Waals surface area contributed by atoms with Gasteiger partial charge >= 0.3 is 0 Å². The predicted molar refractivity (Wildman–Crippen MR) is 105 cm³/mol. The van der Waals surface area contributed by atoms with E-state index in [2.05, 4.69) is 15.3 Å². The van der Waals surface area contributed by atoms with Crippen molar-refractivity contribution in [2.75, 3.05) is 0 Å². The molecule has 2 aromatic carbocycles. The molecule has 0 spiro atoms. The smallest absolute Gasteiger partial charge is 0.253 e. The summed E-state index contributed by atoms with van der Waals surface area (Å²) in [6, 6.07) is 19.2. The molecule has 27 heavy (non-hydrogen) atoms. The molecular formula is C22H19N3O2. The van der Waals surface area contributed by atoms with Crippen molar-refractivity contribution in [2.45, 2.75) is 13.5 Å². The van der Waals surface area contributed by atoms with Gasteiger partial charge in [0, 0.05) is 30.5 Å². The number of fused-ring (bicyclic) bond motifs is 1. The van der Waals surface area contributed by atoms with Crippen LogP contribution in [0.3, 0.4) is 0 Å². The van der Waals surface area contributed by atoms with Gasteiger partial charge in [0.2, 0.25) is 5.88 Å². The van der Waals surface area contributed by atoms with Crippen LogP contribution in [0.25, 0.3) is 10.9 Å². The molecule has 1 amide bonds. The first-order chi connectivity index (χ1) is 13.2. The summed E-state index contributed by atoms with van der Waals surface area (Å²) in [5.41, 5.74) is 3.75. The number of carbonyl (C=O) groups is 1. The molecule has 0 saturated carbocycles. The van der Waals surface area contributed by atoms with E-state index in [9.17, 15) is 4.79 Å². The molecule has 0 unspecified atom stereocenters. The Kier molecular flexibility index (Phi) is 4.58. The number of ether oxygens (including phenoxy) is 1. The van der Waals surface area contributed by atoms with E-state index in [0.717, 1.165) is 22.0 Å². The van der Waals surface area contributed by atoms with Crippen molar-refractivity contribution in [1.82, 2.24) is 15.3 Å². The van der Waals surface area contributed by atoms with Crippen LogP contribution in [0, 0.1) is 6.92 Å². The molecular weight excluding hydrogens is 338 g/mol. The number of carbonyl (C=O) groups excluding carboxylic acids is 1. The maximum absolute atomic E-state index is 12.3. The minimum absolute atomic E-state index is 0.170. The molecule has 0 fully saturated rings. The summed E-state index contributed by atoms with van der Waals surface area (Å²) in [5.74, 6) is 0.994. The molecule has 134 valence electrons. The largest absolute Gasteiger partial charge is 0.439 e. The fraction of sp³-hybridized carbons (Fsp3) is 0.0909. The van der Waals surface area contributed by atoms with Crippen LogP contribution < -0.4 is 10.1 Å². The Hall–Kier alpha value is -3.60. The van der Waals surface area contributed by atoms with Crippen LogP contribution >= 0.6 is 0 Å². The quantitative estimate of drug-likeness (QED) is 0.549. The van der Waals surface area contributed by atoms with E-state index in [1.807, 2.05) is 61.7 Å². The van der Waals surface area contributed by atoms with Crippen molar-refractivity contribution in [2.24, 2.45) is 0 Å². The second-order valence-electron chi connectivity index (χ2n) is 6.38. The van der Waals surface area contributed by atoms with Gasteiger partial charge in [-0.05, 0) is 48.2 Å². The van der Waals surface area contributed by atoms with Crippen LogP contribution in [0.1, 0.15) is 21.5 Å². The van der Waals surface area contributed by atoms with Gasteiger partial charge in [-0.1, -0.05) is 29.8 Å². The van der Waals surface area contributed by atoms with Crippen LogP contribution in [0.15, 0.2) is 73.1 Å². The molecule has 2 aromatic heterocycles. The first-order valence-electron chi connectivity index (χ1n) is 8.72. The van der Waals surface area contributed by atoms with Gasteiger partial charge in [0.25, 0.3) is 5.91 Å². The number of aryl methyl sites for hydroxylation is 1. The summed E-state index contributed by atoms with van der Waals surface area (Å²) in [6.07, 6.45) is 3.42. The number of aromatic amines is 1. The van der Waals surface area contributed by atoms with E-state index in [1.54, 1.807) is 12.1 Å². The maximum atomic E-state index is 12.3. The molecule has 0 radical (unpaired) electrons. The Bertz CT molecular complexity index is 1070. The minimum Gasteiger partial charge on any atom is -0.439 e. The molecule has 0 aliphatic rings. The van der Waals surface area contributed by atoms with Gasteiger partial charge < -0.3 is 15.0 Å². The highest BCUT2D eigenvalue weighted by Gasteiger charge is 2.07. The number of aromatic nitrogens is 2. The molecule has 0 aliphatic carbocycles. The highest BCUT2D eigenvalue weighted by molar-refractivity contribution is 5.93. The van der Waals surface area contributed by atoms with Gasteiger partial charge in [-0.15, -0.1) is 0 Å². The summed E-state index contributed by atoms with van der Waals surface area (Å²) >= 11 is 0. The normalized spacial score (nSPS) is 10.7. The molecule has 5 heteroatoms. The highest BCUT2D eigenvalue weighted by Crippen LogP contribution is 2.20. The monoisotopic (exact) mass is 357 g/mol. The highest BCUT2D eigenvalue weighted by atomic mass is 16.5. The second-order valence-corrected chi connectivity index (χ2v) is 6.38. The van der Waals surface area contributed by atoms with Gasteiger partial charge in [-0.2, -0.15) is 0 Å². The first kappa shape index (κ1) is 16.8. The van der Waals surface area contributed by atoms with Gasteiger partial charge in [0.1, 0.15) is 5.75 Å². The lowest BCUT2D eigenvalue weighted by Crippen LogP contribution is -2.22. The van der Waals surface area contributed by atoms with E-state index in [-0.39, 0.29) is 5.91 Å². The van der Waals surface area contributed by atoms with Crippen molar-refractivity contribution >= 4 is 16.8 Å². The second kappa shape index (κ2) is 7.33. The van der Waals surface area contributed by atoms with Crippen molar-refractivity contribution in [3.63, 3.8) is 0 Å². The van der Waals surface area contributed by atoms with Crippen LogP contribution in [0.5, 0.6) is 11.6 Å². The average molecular weight is 357 g/mol. The fourth-order valence-corrected chi connectivity index (χ4v) is 2.79. The van der Waals surface area contributed by atoms with Crippen molar-refractivity contribution in [3.05, 3.63) is 89.7 Å². The number of amides is 1. The zero-order valence-corrected chi connectivity index (χ0v) is 14.9.